The predicted octanol–water partition coefficient (Wildman–Crippen LogP) is -0.966. The Bertz CT molecular complexity index is 307. The summed E-state index contributed by atoms with van der Waals surface area (Å²) in [6, 6.07) is -1.01. The molecule has 7 heteroatoms. The molecule has 0 aromatic rings. The first-order valence-electron chi connectivity index (χ1n) is 5.82. The van der Waals surface area contributed by atoms with Gasteiger partial charge in [-0.05, 0) is 13.5 Å². The van der Waals surface area contributed by atoms with Gasteiger partial charge in [0.1, 0.15) is 6.04 Å². The first-order chi connectivity index (χ1) is 8.36. The molecular weight excluding hydrogens is 238 g/mol. The molecule has 7 nitrogen and oxygen atoms in total. The number of carbonyl (C=O) groups excluding carboxylic acids is 2. The van der Waals surface area contributed by atoms with Crippen molar-refractivity contribution in [3.63, 3.8) is 0 Å². The van der Waals surface area contributed by atoms with Gasteiger partial charge in [-0.25, -0.2) is 4.79 Å². The van der Waals surface area contributed by atoms with E-state index in [-0.39, 0.29) is 19.0 Å². The molecule has 0 aliphatic rings. The van der Waals surface area contributed by atoms with Crippen LogP contribution in [0, 0.1) is 0 Å². The highest BCUT2D eigenvalue weighted by Gasteiger charge is 2.21. The van der Waals surface area contributed by atoms with Crippen molar-refractivity contribution in [2.75, 3.05) is 26.7 Å². The molecule has 0 aromatic heterocycles. The van der Waals surface area contributed by atoms with E-state index in [2.05, 4.69) is 10.6 Å². The summed E-state index contributed by atoms with van der Waals surface area (Å²) in [6.07, 6.45) is 0.846. The fourth-order valence-electron chi connectivity index (χ4n) is 1.37. The molecular formula is C11H21N3O4. The first kappa shape index (κ1) is 16.4. The first-order valence-corrected chi connectivity index (χ1v) is 5.82. The molecule has 0 saturated heterocycles. The maximum absolute atomic E-state index is 11.4. The van der Waals surface area contributed by atoms with Crippen LogP contribution in [0.1, 0.15) is 20.3 Å². The zero-order valence-electron chi connectivity index (χ0n) is 11.0. The van der Waals surface area contributed by atoms with Crippen LogP contribution in [0.15, 0.2) is 0 Å². The average Bonchev–Trinajstić information content (AvgIpc) is 2.24. The van der Waals surface area contributed by atoms with Crippen molar-refractivity contribution in [2.24, 2.45) is 0 Å². The molecule has 0 bridgehead atoms. The van der Waals surface area contributed by atoms with Crippen LogP contribution in [0.5, 0.6) is 0 Å². The third-order valence-electron chi connectivity index (χ3n) is 2.16. The fourth-order valence-corrected chi connectivity index (χ4v) is 1.37. The van der Waals surface area contributed by atoms with Crippen molar-refractivity contribution in [3.8, 4) is 0 Å². The second-order valence-electron chi connectivity index (χ2n) is 4.14. The molecule has 0 heterocycles. The SMILES string of the molecule is CCCNC(=O)CN(C)CC(NC(C)=O)C(=O)O. The summed E-state index contributed by atoms with van der Waals surface area (Å²) in [5.41, 5.74) is 0. The Kier molecular flexibility index (Phi) is 7.69. The highest BCUT2D eigenvalue weighted by atomic mass is 16.4. The Morgan fingerprint density at radius 3 is 2.39 bits per heavy atom. The van der Waals surface area contributed by atoms with E-state index >= 15 is 0 Å². The number of carbonyl (C=O) groups is 3. The highest BCUT2D eigenvalue weighted by Crippen LogP contribution is 1.91. The van der Waals surface area contributed by atoms with Crippen LogP contribution in [0.25, 0.3) is 0 Å². The molecule has 1 atom stereocenters. The number of nitrogens with one attached hydrogen (secondary N) is 2. The van der Waals surface area contributed by atoms with E-state index in [1.165, 1.54) is 6.92 Å². The predicted molar refractivity (Wildman–Crippen MR) is 66.0 cm³/mol. The van der Waals surface area contributed by atoms with Crippen LogP contribution in [0.4, 0.5) is 0 Å². The minimum Gasteiger partial charge on any atom is -0.480 e. The summed E-state index contributed by atoms with van der Waals surface area (Å²) in [7, 11) is 1.63. The molecule has 18 heavy (non-hydrogen) atoms. The Morgan fingerprint density at radius 1 is 1.33 bits per heavy atom. The van der Waals surface area contributed by atoms with Gasteiger partial charge in [0.15, 0.2) is 0 Å². The van der Waals surface area contributed by atoms with Gasteiger partial charge < -0.3 is 15.7 Å². The Labute approximate surface area is 107 Å². The van der Waals surface area contributed by atoms with Crippen LogP contribution in [0.2, 0.25) is 0 Å². The third-order valence-corrected chi connectivity index (χ3v) is 2.16. The minimum absolute atomic E-state index is 0.0778. The quantitative estimate of drug-likeness (QED) is 0.521. The molecule has 0 radical (unpaired) electrons. The zero-order chi connectivity index (χ0) is 14.1. The topological polar surface area (TPSA) is 98.7 Å². The van der Waals surface area contributed by atoms with E-state index in [0.717, 1.165) is 6.42 Å². The van der Waals surface area contributed by atoms with Crippen LogP contribution in [0.3, 0.4) is 0 Å². The zero-order valence-corrected chi connectivity index (χ0v) is 11.0. The highest BCUT2D eigenvalue weighted by molar-refractivity contribution is 5.82. The van der Waals surface area contributed by atoms with Gasteiger partial charge in [0.05, 0.1) is 6.54 Å². The Balaban J connectivity index is 4.16. The van der Waals surface area contributed by atoms with E-state index in [0.29, 0.717) is 6.54 Å². The minimum atomic E-state index is -1.12. The summed E-state index contributed by atoms with van der Waals surface area (Å²) >= 11 is 0. The summed E-state index contributed by atoms with van der Waals surface area (Å²) in [4.78, 5) is 34.7. The van der Waals surface area contributed by atoms with Gasteiger partial charge in [-0.1, -0.05) is 6.92 Å². The standard InChI is InChI=1S/C11H21N3O4/c1-4-5-12-10(16)7-14(3)6-9(11(17)18)13-8(2)15/h9H,4-7H2,1-3H3,(H,12,16)(H,13,15)(H,17,18). The van der Waals surface area contributed by atoms with Crippen molar-refractivity contribution >= 4 is 17.8 Å². The summed E-state index contributed by atoms with van der Waals surface area (Å²) in [6.45, 7) is 3.98. The Morgan fingerprint density at radius 2 is 1.94 bits per heavy atom. The monoisotopic (exact) mass is 259 g/mol. The number of hydrogen-bond acceptors (Lipinski definition) is 4. The molecule has 0 aromatic carbocycles. The molecule has 0 rings (SSSR count). The van der Waals surface area contributed by atoms with E-state index in [1.807, 2.05) is 6.92 Å². The van der Waals surface area contributed by atoms with Crippen LogP contribution < -0.4 is 10.6 Å². The Hall–Kier alpha value is -1.63. The molecule has 0 aliphatic heterocycles. The number of hydrogen-bond donors (Lipinski definition) is 3. The fraction of sp³-hybridized carbons (Fsp3) is 0.727. The van der Waals surface area contributed by atoms with Crippen LogP contribution in [-0.4, -0.2) is 60.5 Å². The largest absolute Gasteiger partial charge is 0.480 e. The summed E-state index contributed by atoms with van der Waals surface area (Å²) < 4.78 is 0. The number of nitrogens with zero attached hydrogens (tertiary/aromatic N) is 1. The molecule has 0 aliphatic carbocycles. The van der Waals surface area contributed by atoms with Crippen LogP contribution >= 0.6 is 0 Å². The average molecular weight is 259 g/mol. The van der Waals surface area contributed by atoms with Gasteiger partial charge in [-0.3, -0.25) is 14.5 Å². The molecule has 2 amide bonds. The normalized spacial score (nSPS) is 12.0. The lowest BCUT2D eigenvalue weighted by molar-refractivity contribution is -0.142. The van der Waals surface area contributed by atoms with Gasteiger partial charge in [0.2, 0.25) is 11.8 Å². The van der Waals surface area contributed by atoms with E-state index in [1.54, 1.807) is 11.9 Å². The van der Waals surface area contributed by atoms with Gasteiger partial charge >= 0.3 is 5.97 Å². The molecule has 0 fully saturated rings. The van der Waals surface area contributed by atoms with E-state index in [4.69, 9.17) is 5.11 Å². The van der Waals surface area contributed by atoms with Crippen molar-refractivity contribution in [2.45, 2.75) is 26.3 Å². The lowest BCUT2D eigenvalue weighted by atomic mass is 10.2. The second-order valence-corrected chi connectivity index (χ2v) is 4.14. The van der Waals surface area contributed by atoms with Gasteiger partial charge in [-0.15, -0.1) is 0 Å². The molecule has 0 saturated carbocycles. The third kappa shape index (κ3) is 7.61. The van der Waals surface area contributed by atoms with E-state index in [9.17, 15) is 14.4 Å². The lowest BCUT2D eigenvalue weighted by Gasteiger charge is -2.21. The maximum Gasteiger partial charge on any atom is 0.327 e. The number of amides is 2. The molecule has 0 spiro atoms. The van der Waals surface area contributed by atoms with E-state index < -0.39 is 17.9 Å². The second kappa shape index (κ2) is 8.46. The van der Waals surface area contributed by atoms with Crippen molar-refractivity contribution in [1.82, 2.24) is 15.5 Å². The maximum atomic E-state index is 11.4. The number of carboxylic acids is 1. The summed E-state index contributed by atoms with van der Waals surface area (Å²) in [5, 5.41) is 13.9. The number of likely N-dealkylation sites (N-methyl/N-ethyl adjacent to an activating group) is 1. The van der Waals surface area contributed by atoms with Gasteiger partial charge in [-0.2, -0.15) is 0 Å². The van der Waals surface area contributed by atoms with Crippen molar-refractivity contribution in [1.29, 1.82) is 0 Å². The molecule has 3 N–H and O–H groups in total. The smallest absolute Gasteiger partial charge is 0.327 e. The number of rotatable bonds is 8. The summed E-state index contributed by atoms with van der Waals surface area (Å²) in [5.74, 6) is -1.69. The molecule has 1 unspecified atom stereocenters. The number of carboxylic acid groups (broad SMARTS) is 1. The van der Waals surface area contributed by atoms with Crippen molar-refractivity contribution < 1.29 is 19.5 Å². The van der Waals surface area contributed by atoms with Crippen molar-refractivity contribution in [3.05, 3.63) is 0 Å². The van der Waals surface area contributed by atoms with Gasteiger partial charge in [0.25, 0.3) is 0 Å². The number of aliphatic carboxylic acids is 1. The van der Waals surface area contributed by atoms with Crippen LogP contribution in [-0.2, 0) is 14.4 Å². The molecule has 104 valence electrons. The lowest BCUT2D eigenvalue weighted by Crippen LogP contribution is -2.48. The van der Waals surface area contributed by atoms with Gasteiger partial charge in [0, 0.05) is 20.0 Å².